The van der Waals surface area contributed by atoms with E-state index in [4.69, 9.17) is 0 Å². The van der Waals surface area contributed by atoms with Crippen LogP contribution in [0.5, 0.6) is 0 Å². The van der Waals surface area contributed by atoms with E-state index < -0.39 is 0 Å². The van der Waals surface area contributed by atoms with Crippen LogP contribution in [0.1, 0.15) is 23.6 Å². The molecule has 0 aliphatic heterocycles. The molecule has 21 heavy (non-hydrogen) atoms. The van der Waals surface area contributed by atoms with Crippen LogP contribution in [0.15, 0.2) is 60.7 Å². The number of fused-ring (bicyclic) bond motifs is 1. The van der Waals surface area contributed by atoms with Crippen molar-refractivity contribution in [3.8, 4) is 11.1 Å². The van der Waals surface area contributed by atoms with E-state index in [0.717, 1.165) is 0 Å². The third-order valence-corrected chi connectivity index (χ3v) is 3.95. The minimum Gasteiger partial charge on any atom is -0.0871 e. The maximum atomic E-state index is 2.28. The number of allylic oxidation sites excluding steroid dienone is 1. The Morgan fingerprint density at radius 1 is 0.714 bits per heavy atom. The molecule has 0 saturated carbocycles. The summed E-state index contributed by atoms with van der Waals surface area (Å²) in [6.07, 6.45) is 4.24. The van der Waals surface area contributed by atoms with E-state index in [1.54, 1.807) is 0 Å². The van der Waals surface area contributed by atoms with Gasteiger partial charge in [0, 0.05) is 0 Å². The zero-order chi connectivity index (χ0) is 14.8. The molecule has 0 N–H and O–H groups in total. The molecule has 0 saturated heterocycles. The van der Waals surface area contributed by atoms with Gasteiger partial charge in [0.15, 0.2) is 0 Å². The maximum Gasteiger partial charge on any atom is -0.0178 e. The summed E-state index contributed by atoms with van der Waals surface area (Å²) in [4.78, 5) is 0. The Bertz CT molecular complexity index is 823. The summed E-state index contributed by atoms with van der Waals surface area (Å²) in [5, 5.41) is 2.61. The van der Waals surface area contributed by atoms with Gasteiger partial charge in [-0.05, 0) is 59.9 Å². The fourth-order valence-electron chi connectivity index (χ4n) is 2.77. The van der Waals surface area contributed by atoms with Gasteiger partial charge in [-0.3, -0.25) is 0 Å². The smallest absolute Gasteiger partial charge is 0.0178 e. The van der Waals surface area contributed by atoms with E-state index in [1.165, 1.54) is 38.6 Å². The molecule has 0 atom stereocenters. The van der Waals surface area contributed by atoms with Crippen LogP contribution in [0.2, 0.25) is 0 Å². The standard InChI is InChI=1S/C21H20/c1-4-5-17-8-9-19(13-16(17)3)21-11-10-18-12-15(2)6-7-20(18)14-21/h4-14H,1-3H3/b5-4-. The fraction of sp³-hybridized carbons (Fsp3) is 0.143. The van der Waals surface area contributed by atoms with Gasteiger partial charge in [0.2, 0.25) is 0 Å². The molecule has 0 amide bonds. The van der Waals surface area contributed by atoms with Crippen molar-refractivity contribution in [1.29, 1.82) is 0 Å². The van der Waals surface area contributed by atoms with E-state index in [2.05, 4.69) is 87.5 Å². The molecular weight excluding hydrogens is 252 g/mol. The SMILES string of the molecule is C/C=C\c1ccc(-c2ccc3cc(C)ccc3c2)cc1C. The molecule has 104 valence electrons. The Kier molecular flexibility index (Phi) is 3.62. The largest absolute Gasteiger partial charge is 0.0871 e. The molecule has 0 bridgehead atoms. The molecule has 0 aliphatic carbocycles. The lowest BCUT2D eigenvalue weighted by atomic mass is 9.97. The van der Waals surface area contributed by atoms with Crippen molar-refractivity contribution in [1.82, 2.24) is 0 Å². The number of hydrogen-bond acceptors (Lipinski definition) is 0. The minimum absolute atomic E-state index is 1.28. The van der Waals surface area contributed by atoms with Crippen LogP contribution in [0, 0.1) is 13.8 Å². The highest BCUT2D eigenvalue weighted by Gasteiger charge is 2.02. The zero-order valence-corrected chi connectivity index (χ0v) is 12.9. The minimum atomic E-state index is 1.28. The number of rotatable bonds is 2. The molecule has 0 radical (unpaired) electrons. The van der Waals surface area contributed by atoms with E-state index in [9.17, 15) is 0 Å². The van der Waals surface area contributed by atoms with E-state index in [0.29, 0.717) is 0 Å². The van der Waals surface area contributed by atoms with Crippen LogP contribution in [0.4, 0.5) is 0 Å². The van der Waals surface area contributed by atoms with Crippen LogP contribution in [-0.2, 0) is 0 Å². The van der Waals surface area contributed by atoms with Crippen molar-refractivity contribution < 1.29 is 0 Å². The van der Waals surface area contributed by atoms with Crippen molar-refractivity contribution >= 4 is 16.8 Å². The molecule has 0 aromatic heterocycles. The Morgan fingerprint density at radius 3 is 2.14 bits per heavy atom. The second-order valence-corrected chi connectivity index (χ2v) is 5.64. The molecule has 0 nitrogen and oxygen atoms in total. The Morgan fingerprint density at radius 2 is 1.38 bits per heavy atom. The summed E-state index contributed by atoms with van der Waals surface area (Å²) in [6, 6.07) is 20.0. The number of benzene rings is 3. The van der Waals surface area contributed by atoms with Crippen molar-refractivity contribution in [3.05, 3.63) is 77.4 Å². The lowest BCUT2D eigenvalue weighted by Gasteiger charge is -2.08. The van der Waals surface area contributed by atoms with Crippen LogP contribution in [0.3, 0.4) is 0 Å². The Labute approximate surface area is 126 Å². The summed E-state index contributed by atoms with van der Waals surface area (Å²) < 4.78 is 0. The van der Waals surface area contributed by atoms with Crippen molar-refractivity contribution in [2.24, 2.45) is 0 Å². The fourth-order valence-corrected chi connectivity index (χ4v) is 2.77. The first-order valence-corrected chi connectivity index (χ1v) is 7.41. The highest BCUT2D eigenvalue weighted by Crippen LogP contribution is 2.27. The number of aryl methyl sites for hydroxylation is 2. The lowest BCUT2D eigenvalue weighted by Crippen LogP contribution is -1.84. The van der Waals surface area contributed by atoms with Crippen LogP contribution in [-0.4, -0.2) is 0 Å². The molecule has 0 spiro atoms. The van der Waals surface area contributed by atoms with E-state index in [-0.39, 0.29) is 0 Å². The summed E-state index contributed by atoms with van der Waals surface area (Å²) in [6.45, 7) is 6.36. The summed E-state index contributed by atoms with van der Waals surface area (Å²) in [7, 11) is 0. The van der Waals surface area contributed by atoms with E-state index >= 15 is 0 Å². The molecule has 3 rings (SSSR count). The second kappa shape index (κ2) is 5.57. The molecule has 0 heteroatoms. The summed E-state index contributed by atoms with van der Waals surface area (Å²) in [5.41, 5.74) is 6.47. The molecule has 3 aromatic rings. The molecular formula is C21H20. The maximum absolute atomic E-state index is 2.28. The van der Waals surface area contributed by atoms with Crippen molar-refractivity contribution in [2.45, 2.75) is 20.8 Å². The van der Waals surface area contributed by atoms with Gasteiger partial charge in [-0.25, -0.2) is 0 Å². The first-order valence-electron chi connectivity index (χ1n) is 7.41. The molecule has 3 aromatic carbocycles. The predicted octanol–water partition coefficient (Wildman–Crippen LogP) is 6.16. The van der Waals surface area contributed by atoms with Gasteiger partial charge >= 0.3 is 0 Å². The zero-order valence-electron chi connectivity index (χ0n) is 12.9. The third-order valence-electron chi connectivity index (χ3n) is 3.95. The van der Waals surface area contributed by atoms with Gasteiger partial charge in [0.05, 0.1) is 0 Å². The normalized spacial score (nSPS) is 11.4. The average molecular weight is 272 g/mol. The highest BCUT2D eigenvalue weighted by atomic mass is 14.1. The molecule has 0 aliphatic rings. The second-order valence-electron chi connectivity index (χ2n) is 5.64. The van der Waals surface area contributed by atoms with Gasteiger partial charge in [-0.15, -0.1) is 0 Å². The van der Waals surface area contributed by atoms with Gasteiger partial charge < -0.3 is 0 Å². The Hall–Kier alpha value is -2.34. The van der Waals surface area contributed by atoms with Gasteiger partial charge in [-0.1, -0.05) is 66.2 Å². The molecule has 0 heterocycles. The first kappa shape index (κ1) is 13.6. The topological polar surface area (TPSA) is 0 Å². The summed E-state index contributed by atoms with van der Waals surface area (Å²) >= 11 is 0. The monoisotopic (exact) mass is 272 g/mol. The van der Waals surface area contributed by atoms with Crippen LogP contribution >= 0.6 is 0 Å². The van der Waals surface area contributed by atoms with Gasteiger partial charge in [0.1, 0.15) is 0 Å². The average Bonchev–Trinajstić information content (AvgIpc) is 2.49. The van der Waals surface area contributed by atoms with Crippen LogP contribution in [0.25, 0.3) is 28.0 Å². The lowest BCUT2D eigenvalue weighted by molar-refractivity contribution is 1.44. The van der Waals surface area contributed by atoms with Gasteiger partial charge in [-0.2, -0.15) is 0 Å². The van der Waals surface area contributed by atoms with Gasteiger partial charge in [0.25, 0.3) is 0 Å². The highest BCUT2D eigenvalue weighted by molar-refractivity contribution is 5.88. The Balaban J connectivity index is 2.07. The van der Waals surface area contributed by atoms with Crippen LogP contribution < -0.4 is 0 Å². The first-order chi connectivity index (χ1) is 10.2. The molecule has 0 fully saturated rings. The quantitative estimate of drug-likeness (QED) is 0.524. The number of hydrogen-bond donors (Lipinski definition) is 0. The molecule has 0 unspecified atom stereocenters. The summed E-state index contributed by atoms with van der Waals surface area (Å²) in [5.74, 6) is 0. The van der Waals surface area contributed by atoms with Crippen molar-refractivity contribution in [3.63, 3.8) is 0 Å². The third kappa shape index (κ3) is 2.75. The van der Waals surface area contributed by atoms with Crippen molar-refractivity contribution in [2.75, 3.05) is 0 Å². The predicted molar refractivity (Wildman–Crippen MR) is 93.6 cm³/mol. The van der Waals surface area contributed by atoms with E-state index in [1.807, 2.05) is 0 Å².